The Morgan fingerprint density at radius 2 is 1.76 bits per heavy atom. The molecule has 37 heavy (non-hydrogen) atoms. The molecule has 0 bridgehead atoms. The average Bonchev–Trinajstić information content (AvgIpc) is 3.68. The zero-order valence-corrected chi connectivity index (χ0v) is 22.5. The summed E-state index contributed by atoms with van der Waals surface area (Å²) in [5.74, 6) is 1.18. The van der Waals surface area contributed by atoms with Gasteiger partial charge in [-0.25, -0.2) is 0 Å². The summed E-state index contributed by atoms with van der Waals surface area (Å²) < 4.78 is 10.8. The van der Waals surface area contributed by atoms with E-state index in [2.05, 4.69) is 19.1 Å². The Morgan fingerprint density at radius 3 is 2.41 bits per heavy atom. The van der Waals surface area contributed by atoms with E-state index in [9.17, 15) is 9.59 Å². The van der Waals surface area contributed by atoms with Crippen molar-refractivity contribution in [1.82, 2.24) is 9.80 Å². The van der Waals surface area contributed by atoms with Gasteiger partial charge in [0.2, 0.25) is 11.8 Å². The molecule has 0 spiro atoms. The predicted molar refractivity (Wildman–Crippen MR) is 148 cm³/mol. The van der Waals surface area contributed by atoms with E-state index in [0.29, 0.717) is 31.0 Å². The van der Waals surface area contributed by atoms with Gasteiger partial charge in [-0.3, -0.25) is 9.59 Å². The smallest absolute Gasteiger partial charge is 0.247 e. The Labute approximate surface area is 223 Å². The maximum Gasteiger partial charge on any atom is 0.247 e. The lowest BCUT2D eigenvalue weighted by molar-refractivity contribution is -0.139. The molecule has 0 unspecified atom stereocenters. The van der Waals surface area contributed by atoms with Crippen LogP contribution in [0.5, 0.6) is 11.5 Å². The van der Waals surface area contributed by atoms with Crippen LogP contribution in [0.15, 0.2) is 66.7 Å². The third-order valence-electron chi connectivity index (χ3n) is 6.41. The van der Waals surface area contributed by atoms with Crippen molar-refractivity contribution in [2.45, 2.75) is 38.8 Å². The van der Waals surface area contributed by atoms with E-state index in [4.69, 9.17) is 9.47 Å². The van der Waals surface area contributed by atoms with E-state index >= 15 is 0 Å². The number of carbonyl (C=O) groups is 2. The fourth-order valence-electron chi connectivity index (χ4n) is 4.20. The van der Waals surface area contributed by atoms with Crippen molar-refractivity contribution in [2.75, 3.05) is 27.3 Å². The van der Waals surface area contributed by atoms with Crippen molar-refractivity contribution in [3.05, 3.63) is 87.6 Å². The highest BCUT2D eigenvalue weighted by molar-refractivity contribution is 7.11. The van der Waals surface area contributed by atoms with Gasteiger partial charge in [-0.15, -0.1) is 11.3 Å². The summed E-state index contributed by atoms with van der Waals surface area (Å²) >= 11 is 1.69. The molecular formula is C30H34N2O4S. The van der Waals surface area contributed by atoms with Crippen LogP contribution >= 0.6 is 11.3 Å². The number of hydrogen-bond acceptors (Lipinski definition) is 5. The van der Waals surface area contributed by atoms with Crippen molar-refractivity contribution in [3.8, 4) is 11.5 Å². The quantitative estimate of drug-likeness (QED) is 0.303. The second kappa shape index (κ2) is 12.6. The molecule has 6 nitrogen and oxygen atoms in total. The number of methoxy groups -OCH3 is 2. The highest BCUT2D eigenvalue weighted by Crippen LogP contribution is 2.29. The summed E-state index contributed by atoms with van der Waals surface area (Å²) in [5.41, 5.74) is 2.02. The number of benzene rings is 2. The molecule has 1 aliphatic carbocycles. The van der Waals surface area contributed by atoms with Crippen molar-refractivity contribution >= 4 is 29.2 Å². The van der Waals surface area contributed by atoms with E-state index in [1.807, 2.05) is 59.5 Å². The number of nitrogens with zero attached hydrogens (tertiary/aromatic N) is 2. The van der Waals surface area contributed by atoms with E-state index in [0.717, 1.165) is 28.8 Å². The van der Waals surface area contributed by atoms with Crippen molar-refractivity contribution in [2.24, 2.45) is 0 Å². The van der Waals surface area contributed by atoms with Crippen molar-refractivity contribution in [1.29, 1.82) is 0 Å². The molecule has 4 rings (SSSR count). The van der Waals surface area contributed by atoms with E-state index in [1.165, 1.54) is 4.88 Å². The summed E-state index contributed by atoms with van der Waals surface area (Å²) in [6, 6.07) is 19.8. The predicted octanol–water partition coefficient (Wildman–Crippen LogP) is 5.35. The first-order valence-electron chi connectivity index (χ1n) is 12.5. The molecule has 2 aromatic carbocycles. The number of aryl methyl sites for hydroxylation is 1. The van der Waals surface area contributed by atoms with Crippen LogP contribution in [0.25, 0.3) is 6.08 Å². The first-order chi connectivity index (χ1) is 18.0. The summed E-state index contributed by atoms with van der Waals surface area (Å²) in [5, 5.41) is 0. The third-order valence-corrected chi connectivity index (χ3v) is 7.39. The minimum absolute atomic E-state index is 0.0418. The van der Waals surface area contributed by atoms with Crippen LogP contribution in [-0.2, 0) is 22.6 Å². The highest BCUT2D eigenvalue weighted by Gasteiger charge is 2.34. The summed E-state index contributed by atoms with van der Waals surface area (Å²) in [4.78, 5) is 32.6. The molecule has 1 saturated carbocycles. The van der Waals surface area contributed by atoms with Crippen LogP contribution in [0.1, 0.15) is 33.7 Å². The lowest BCUT2D eigenvalue weighted by atomic mass is 10.1. The van der Waals surface area contributed by atoms with E-state index in [-0.39, 0.29) is 24.4 Å². The lowest BCUT2D eigenvalue weighted by Gasteiger charge is -2.27. The molecule has 0 atom stereocenters. The van der Waals surface area contributed by atoms with Gasteiger partial charge >= 0.3 is 0 Å². The number of ether oxygens (including phenoxy) is 2. The number of amides is 2. The molecule has 1 heterocycles. The number of carbonyl (C=O) groups excluding carboxylic acids is 2. The summed E-state index contributed by atoms with van der Waals surface area (Å²) in [7, 11) is 3.23. The lowest BCUT2D eigenvalue weighted by Crippen LogP contribution is -2.43. The fourth-order valence-corrected chi connectivity index (χ4v) is 5.10. The molecule has 1 aromatic heterocycles. The highest BCUT2D eigenvalue weighted by atomic mass is 32.1. The molecule has 1 aliphatic rings. The van der Waals surface area contributed by atoms with Crippen molar-refractivity contribution < 1.29 is 19.1 Å². The molecule has 0 saturated heterocycles. The molecule has 2 amide bonds. The van der Waals surface area contributed by atoms with Gasteiger partial charge in [0, 0.05) is 28.4 Å². The van der Waals surface area contributed by atoms with Crippen LogP contribution in [0.4, 0.5) is 0 Å². The van der Waals surface area contributed by atoms with Gasteiger partial charge in [-0.2, -0.15) is 0 Å². The van der Waals surface area contributed by atoms with Gasteiger partial charge in [0.1, 0.15) is 6.54 Å². The van der Waals surface area contributed by atoms with Gasteiger partial charge in [0.15, 0.2) is 11.5 Å². The Balaban J connectivity index is 1.47. The van der Waals surface area contributed by atoms with Crippen LogP contribution in [0, 0.1) is 6.92 Å². The zero-order valence-electron chi connectivity index (χ0n) is 21.7. The minimum atomic E-state index is -0.119. The Bertz CT molecular complexity index is 1230. The Morgan fingerprint density at radius 1 is 1.00 bits per heavy atom. The topological polar surface area (TPSA) is 59.1 Å². The zero-order chi connectivity index (χ0) is 26.2. The third kappa shape index (κ3) is 7.46. The van der Waals surface area contributed by atoms with Crippen LogP contribution in [0.3, 0.4) is 0 Å². The molecule has 3 aromatic rings. The minimum Gasteiger partial charge on any atom is -0.493 e. The second-order valence-electron chi connectivity index (χ2n) is 9.21. The normalized spacial score (nSPS) is 12.9. The molecular weight excluding hydrogens is 484 g/mol. The molecule has 0 radical (unpaired) electrons. The van der Waals surface area contributed by atoms with Gasteiger partial charge in [-0.05, 0) is 67.7 Å². The molecule has 7 heteroatoms. The maximum atomic E-state index is 13.6. The fraction of sp³-hybridized carbons (Fsp3) is 0.333. The summed E-state index contributed by atoms with van der Waals surface area (Å²) in [6.45, 7) is 3.21. The second-order valence-corrected chi connectivity index (χ2v) is 10.6. The Kier molecular flexibility index (Phi) is 9.01. The molecule has 0 aliphatic heterocycles. The van der Waals surface area contributed by atoms with Crippen LogP contribution < -0.4 is 9.47 Å². The van der Waals surface area contributed by atoms with E-state index < -0.39 is 0 Å². The molecule has 0 N–H and O–H groups in total. The maximum absolute atomic E-state index is 13.6. The molecule has 1 fully saturated rings. The Hall–Kier alpha value is -3.58. The van der Waals surface area contributed by atoms with Gasteiger partial charge in [-0.1, -0.05) is 36.4 Å². The SMILES string of the molecule is COc1ccc(CCN(Cc2ccc(C)s2)C(=O)CN(C(=O)/C=C/c2ccccc2)C2CC2)cc1OC. The number of hydrogen-bond donors (Lipinski definition) is 0. The van der Waals surface area contributed by atoms with Gasteiger partial charge < -0.3 is 19.3 Å². The summed E-state index contributed by atoms with van der Waals surface area (Å²) in [6.07, 6.45) is 5.94. The van der Waals surface area contributed by atoms with Crippen molar-refractivity contribution in [3.63, 3.8) is 0 Å². The van der Waals surface area contributed by atoms with Crippen LogP contribution in [0.2, 0.25) is 0 Å². The standard InChI is InChI=1S/C30H34N2O4S/c1-22-9-14-26(37-22)20-31(18-17-24-10-15-27(35-2)28(19-24)36-3)30(34)21-32(25-12-13-25)29(33)16-11-23-7-5-4-6-8-23/h4-11,14-16,19,25H,12-13,17-18,20-21H2,1-3H3/b16-11+. The monoisotopic (exact) mass is 518 g/mol. The van der Waals surface area contributed by atoms with Gasteiger partial charge in [0.05, 0.1) is 20.8 Å². The number of rotatable bonds is 12. The van der Waals surface area contributed by atoms with E-state index in [1.54, 1.807) is 36.5 Å². The average molecular weight is 519 g/mol. The first-order valence-corrected chi connectivity index (χ1v) is 13.4. The number of thiophene rings is 1. The van der Waals surface area contributed by atoms with Gasteiger partial charge in [0.25, 0.3) is 0 Å². The van der Waals surface area contributed by atoms with Crippen LogP contribution in [-0.4, -0.2) is 55.0 Å². The largest absolute Gasteiger partial charge is 0.493 e. The first kappa shape index (κ1) is 26.5. The molecule has 194 valence electrons.